The van der Waals surface area contributed by atoms with Crippen molar-refractivity contribution < 1.29 is 27.2 Å². The topological polar surface area (TPSA) is 127 Å². The molecule has 0 aliphatic rings. The standard InChI is InChI=1S/C20H27N3O6S/c1-4-10-28-17-9-8-14(12-18(17)30(26,27)23-20(25)21-3)13-19(24)22-15(5-2)16-7-6-11-29-16/h6-9,11-12,15H,4-5,10,13H2,1-3H3,(H,22,24)(H2,21,23,25). The van der Waals surface area contributed by atoms with E-state index in [0.717, 1.165) is 0 Å². The quantitative estimate of drug-likeness (QED) is 0.524. The average Bonchev–Trinajstić information content (AvgIpc) is 3.25. The first-order valence-corrected chi connectivity index (χ1v) is 11.1. The summed E-state index contributed by atoms with van der Waals surface area (Å²) in [6.45, 7) is 4.12. The van der Waals surface area contributed by atoms with E-state index in [0.29, 0.717) is 30.8 Å². The zero-order valence-corrected chi connectivity index (χ0v) is 18.0. The SMILES string of the molecule is CCCOc1ccc(CC(=O)NC(CC)c2ccco2)cc1S(=O)(=O)NC(=O)NC. The van der Waals surface area contributed by atoms with Crippen LogP contribution in [-0.2, 0) is 21.2 Å². The van der Waals surface area contributed by atoms with Crippen LogP contribution in [-0.4, -0.2) is 34.0 Å². The number of carbonyl (C=O) groups excluding carboxylic acids is 2. The van der Waals surface area contributed by atoms with E-state index in [2.05, 4.69) is 10.6 Å². The van der Waals surface area contributed by atoms with Crippen LogP contribution in [0.1, 0.15) is 44.1 Å². The minimum atomic E-state index is -4.19. The van der Waals surface area contributed by atoms with Gasteiger partial charge in [0.25, 0.3) is 10.0 Å². The number of hydrogen-bond donors (Lipinski definition) is 3. The first kappa shape index (κ1) is 23.3. The van der Waals surface area contributed by atoms with E-state index in [4.69, 9.17) is 9.15 Å². The van der Waals surface area contributed by atoms with Crippen molar-refractivity contribution in [2.45, 2.75) is 44.0 Å². The van der Waals surface area contributed by atoms with Gasteiger partial charge in [0.2, 0.25) is 5.91 Å². The summed E-state index contributed by atoms with van der Waals surface area (Å²) in [7, 11) is -2.88. The summed E-state index contributed by atoms with van der Waals surface area (Å²) < 4.78 is 38.0. The van der Waals surface area contributed by atoms with Gasteiger partial charge < -0.3 is 19.8 Å². The number of ether oxygens (including phenoxy) is 1. The molecular weight excluding hydrogens is 410 g/mol. The number of carbonyl (C=O) groups is 2. The molecule has 3 amide bonds. The first-order valence-electron chi connectivity index (χ1n) is 9.63. The van der Waals surface area contributed by atoms with Crippen LogP contribution in [0.2, 0.25) is 0 Å². The van der Waals surface area contributed by atoms with Crippen molar-refractivity contribution in [2.75, 3.05) is 13.7 Å². The molecule has 0 radical (unpaired) electrons. The molecule has 10 heteroatoms. The van der Waals surface area contributed by atoms with E-state index >= 15 is 0 Å². The molecule has 0 bridgehead atoms. The summed E-state index contributed by atoms with van der Waals surface area (Å²) in [5.74, 6) is 0.467. The number of furan rings is 1. The fraction of sp³-hybridized carbons (Fsp3) is 0.400. The zero-order chi connectivity index (χ0) is 22.1. The maximum absolute atomic E-state index is 12.6. The minimum absolute atomic E-state index is 0.0479. The third kappa shape index (κ3) is 6.24. The molecular formula is C20H27N3O6S. The third-order valence-electron chi connectivity index (χ3n) is 4.21. The predicted octanol–water partition coefficient (Wildman–Crippen LogP) is 2.50. The molecule has 164 valence electrons. The molecule has 0 spiro atoms. The number of amides is 3. The molecule has 0 aliphatic carbocycles. The molecule has 2 rings (SSSR count). The molecule has 2 aromatic rings. The van der Waals surface area contributed by atoms with Crippen molar-refractivity contribution in [2.24, 2.45) is 0 Å². The Morgan fingerprint density at radius 1 is 1.20 bits per heavy atom. The Bertz CT molecular complexity index is 957. The maximum atomic E-state index is 12.6. The van der Waals surface area contributed by atoms with Crippen LogP contribution >= 0.6 is 0 Å². The summed E-state index contributed by atoms with van der Waals surface area (Å²) in [6, 6.07) is 6.82. The Balaban J connectivity index is 2.24. The van der Waals surface area contributed by atoms with Crippen molar-refractivity contribution in [3.05, 3.63) is 47.9 Å². The van der Waals surface area contributed by atoms with Gasteiger partial charge in [0, 0.05) is 7.05 Å². The van der Waals surface area contributed by atoms with Gasteiger partial charge in [0.15, 0.2) is 0 Å². The Morgan fingerprint density at radius 3 is 2.57 bits per heavy atom. The van der Waals surface area contributed by atoms with Crippen LogP contribution in [0.3, 0.4) is 0 Å². The van der Waals surface area contributed by atoms with Crippen molar-refractivity contribution in [3.8, 4) is 5.75 Å². The van der Waals surface area contributed by atoms with Crippen LogP contribution in [0.5, 0.6) is 5.75 Å². The second-order valence-corrected chi connectivity index (χ2v) is 8.19. The van der Waals surface area contributed by atoms with E-state index in [1.165, 1.54) is 25.4 Å². The van der Waals surface area contributed by atoms with Crippen LogP contribution in [0, 0.1) is 0 Å². The lowest BCUT2D eigenvalue weighted by atomic mass is 10.1. The first-order chi connectivity index (χ1) is 14.3. The Morgan fingerprint density at radius 2 is 1.97 bits per heavy atom. The smallest absolute Gasteiger partial charge is 0.328 e. The zero-order valence-electron chi connectivity index (χ0n) is 17.2. The highest BCUT2D eigenvalue weighted by Gasteiger charge is 2.23. The number of nitrogens with one attached hydrogen (secondary N) is 3. The van der Waals surface area contributed by atoms with Crippen LogP contribution < -0.4 is 20.1 Å². The molecule has 0 fully saturated rings. The molecule has 30 heavy (non-hydrogen) atoms. The third-order valence-corrected chi connectivity index (χ3v) is 5.56. The van der Waals surface area contributed by atoms with Crippen molar-refractivity contribution in [1.82, 2.24) is 15.4 Å². The predicted molar refractivity (Wildman–Crippen MR) is 111 cm³/mol. The van der Waals surface area contributed by atoms with Crippen LogP contribution in [0.4, 0.5) is 4.79 Å². The van der Waals surface area contributed by atoms with E-state index in [1.807, 2.05) is 18.6 Å². The molecule has 1 aromatic carbocycles. The van der Waals surface area contributed by atoms with E-state index < -0.39 is 16.1 Å². The number of hydrogen-bond acceptors (Lipinski definition) is 6. The van der Waals surface area contributed by atoms with Gasteiger partial charge in [-0.1, -0.05) is 19.9 Å². The Kier molecular flexibility index (Phi) is 8.28. The van der Waals surface area contributed by atoms with Crippen molar-refractivity contribution in [1.29, 1.82) is 0 Å². The highest BCUT2D eigenvalue weighted by molar-refractivity contribution is 7.90. The molecule has 1 heterocycles. The lowest BCUT2D eigenvalue weighted by Crippen LogP contribution is -2.37. The molecule has 1 atom stereocenters. The Labute approximate surface area is 176 Å². The van der Waals surface area contributed by atoms with Crippen LogP contribution in [0.25, 0.3) is 0 Å². The van der Waals surface area contributed by atoms with Gasteiger partial charge in [-0.05, 0) is 42.7 Å². The largest absolute Gasteiger partial charge is 0.492 e. The summed E-state index contributed by atoms with van der Waals surface area (Å²) in [4.78, 5) is 23.8. The van der Waals surface area contributed by atoms with Gasteiger partial charge in [-0.25, -0.2) is 17.9 Å². The van der Waals surface area contributed by atoms with Gasteiger partial charge in [-0.3, -0.25) is 4.79 Å². The lowest BCUT2D eigenvalue weighted by molar-refractivity contribution is -0.121. The number of sulfonamides is 1. The molecule has 1 aromatic heterocycles. The number of benzene rings is 1. The summed E-state index contributed by atoms with van der Waals surface area (Å²) in [5.41, 5.74) is 0.461. The number of rotatable bonds is 10. The van der Waals surface area contributed by atoms with E-state index in [-0.39, 0.29) is 29.0 Å². The average molecular weight is 438 g/mol. The van der Waals surface area contributed by atoms with E-state index in [9.17, 15) is 18.0 Å². The van der Waals surface area contributed by atoms with Crippen molar-refractivity contribution in [3.63, 3.8) is 0 Å². The summed E-state index contributed by atoms with van der Waals surface area (Å²) >= 11 is 0. The van der Waals surface area contributed by atoms with Gasteiger partial charge in [-0.15, -0.1) is 0 Å². The monoisotopic (exact) mass is 437 g/mol. The molecule has 0 saturated carbocycles. The van der Waals surface area contributed by atoms with Crippen LogP contribution in [0.15, 0.2) is 45.9 Å². The van der Waals surface area contributed by atoms with Gasteiger partial charge in [0.05, 0.1) is 25.3 Å². The lowest BCUT2D eigenvalue weighted by Gasteiger charge is -2.16. The second kappa shape index (κ2) is 10.7. The van der Waals surface area contributed by atoms with Gasteiger partial charge in [0.1, 0.15) is 16.4 Å². The molecule has 1 unspecified atom stereocenters. The highest BCUT2D eigenvalue weighted by atomic mass is 32.2. The normalized spacial score (nSPS) is 12.1. The molecule has 0 saturated heterocycles. The second-order valence-electron chi connectivity index (χ2n) is 6.53. The fourth-order valence-corrected chi connectivity index (χ4v) is 3.88. The van der Waals surface area contributed by atoms with Gasteiger partial charge in [-0.2, -0.15) is 0 Å². The molecule has 0 aliphatic heterocycles. The number of urea groups is 1. The molecule has 3 N–H and O–H groups in total. The summed E-state index contributed by atoms with van der Waals surface area (Å²) in [6.07, 6.45) is 2.81. The van der Waals surface area contributed by atoms with Gasteiger partial charge >= 0.3 is 6.03 Å². The highest BCUT2D eigenvalue weighted by Crippen LogP contribution is 2.26. The summed E-state index contributed by atoms with van der Waals surface area (Å²) in [5, 5.41) is 5.07. The Hall–Kier alpha value is -3.01. The minimum Gasteiger partial charge on any atom is -0.492 e. The maximum Gasteiger partial charge on any atom is 0.328 e. The van der Waals surface area contributed by atoms with E-state index in [1.54, 1.807) is 18.2 Å². The fourth-order valence-electron chi connectivity index (χ4n) is 2.73. The molecule has 9 nitrogen and oxygen atoms in total. The van der Waals surface area contributed by atoms with Crippen molar-refractivity contribution >= 4 is 22.0 Å².